The van der Waals surface area contributed by atoms with Crippen LogP contribution in [0, 0.1) is 23.7 Å². The first-order chi connectivity index (χ1) is 9.37. The Morgan fingerprint density at radius 1 is 0.524 bits per heavy atom. The summed E-state index contributed by atoms with van der Waals surface area (Å²) in [5.74, 6) is 2.49. The molecular formula is C19H42N2. The second-order valence-electron chi connectivity index (χ2n) is 9.29. The Bertz CT molecular complexity index is 231. The summed E-state index contributed by atoms with van der Waals surface area (Å²) >= 11 is 0. The minimum absolute atomic E-state index is 0.124. The zero-order chi connectivity index (χ0) is 16.8. The standard InChI is InChI=1S/C19H42N2/c1-14(2)9-18(20,10-15(3)4)13-19(21,11-16(5)6)12-17(7)8/h14-17H,9-13,20-21H2,1-8H3. The summed E-state index contributed by atoms with van der Waals surface area (Å²) in [5, 5.41) is 0. The van der Waals surface area contributed by atoms with E-state index in [0.29, 0.717) is 23.7 Å². The van der Waals surface area contributed by atoms with E-state index in [9.17, 15) is 0 Å². The fourth-order valence-electron chi connectivity index (χ4n) is 4.41. The highest BCUT2D eigenvalue weighted by molar-refractivity contribution is 4.98. The highest BCUT2D eigenvalue weighted by Gasteiger charge is 2.37. The van der Waals surface area contributed by atoms with E-state index in [-0.39, 0.29) is 11.1 Å². The first kappa shape index (κ1) is 20.9. The molecule has 2 heteroatoms. The molecule has 0 aliphatic rings. The first-order valence-electron chi connectivity index (χ1n) is 8.95. The molecule has 2 nitrogen and oxygen atoms in total. The van der Waals surface area contributed by atoms with Crippen molar-refractivity contribution < 1.29 is 0 Å². The van der Waals surface area contributed by atoms with Crippen molar-refractivity contribution in [1.82, 2.24) is 0 Å². The summed E-state index contributed by atoms with van der Waals surface area (Å²) in [7, 11) is 0. The molecule has 0 aliphatic carbocycles. The molecule has 0 spiro atoms. The molecule has 4 N–H and O–H groups in total. The van der Waals surface area contributed by atoms with Crippen LogP contribution < -0.4 is 11.5 Å². The quantitative estimate of drug-likeness (QED) is 0.599. The molecule has 0 fully saturated rings. The van der Waals surface area contributed by atoms with Gasteiger partial charge in [0.15, 0.2) is 0 Å². The van der Waals surface area contributed by atoms with Gasteiger partial charge in [-0.1, -0.05) is 55.4 Å². The Kier molecular flexibility index (Phi) is 8.49. The van der Waals surface area contributed by atoms with Gasteiger partial charge in [-0.3, -0.25) is 0 Å². The lowest BCUT2D eigenvalue weighted by atomic mass is 9.69. The molecule has 0 radical (unpaired) electrons. The summed E-state index contributed by atoms with van der Waals surface area (Å²) in [4.78, 5) is 0. The lowest BCUT2D eigenvalue weighted by Crippen LogP contribution is -2.54. The molecule has 21 heavy (non-hydrogen) atoms. The summed E-state index contributed by atoms with van der Waals surface area (Å²) in [6.07, 6.45) is 5.23. The van der Waals surface area contributed by atoms with Gasteiger partial charge in [-0.25, -0.2) is 0 Å². The molecule has 0 aromatic carbocycles. The zero-order valence-electron chi connectivity index (χ0n) is 16.0. The maximum Gasteiger partial charge on any atom is 0.0176 e. The highest BCUT2D eigenvalue weighted by atomic mass is 14.8. The smallest absolute Gasteiger partial charge is 0.0176 e. The molecule has 0 saturated heterocycles. The number of hydrogen-bond acceptors (Lipinski definition) is 2. The van der Waals surface area contributed by atoms with Crippen LogP contribution in [-0.2, 0) is 0 Å². The minimum Gasteiger partial charge on any atom is -0.325 e. The second-order valence-corrected chi connectivity index (χ2v) is 9.29. The summed E-state index contributed by atoms with van der Waals surface area (Å²) in [6, 6.07) is 0. The Labute approximate surface area is 134 Å². The largest absolute Gasteiger partial charge is 0.325 e. The molecule has 0 aromatic rings. The zero-order valence-corrected chi connectivity index (χ0v) is 16.0. The van der Waals surface area contributed by atoms with Crippen LogP contribution in [0.25, 0.3) is 0 Å². The summed E-state index contributed by atoms with van der Waals surface area (Å²) in [5.41, 5.74) is 13.5. The Balaban J connectivity index is 5.18. The Morgan fingerprint density at radius 2 is 0.714 bits per heavy atom. The third-order valence-electron chi connectivity index (χ3n) is 3.96. The third-order valence-corrected chi connectivity index (χ3v) is 3.96. The van der Waals surface area contributed by atoms with Crippen molar-refractivity contribution in [2.24, 2.45) is 35.1 Å². The molecule has 0 atom stereocenters. The van der Waals surface area contributed by atoms with Gasteiger partial charge in [-0.05, 0) is 55.8 Å². The minimum atomic E-state index is -0.124. The second kappa shape index (κ2) is 8.53. The van der Waals surface area contributed by atoms with E-state index in [4.69, 9.17) is 11.5 Å². The molecule has 0 aliphatic heterocycles. The molecule has 0 heterocycles. The maximum atomic E-state index is 6.86. The van der Waals surface area contributed by atoms with Crippen LogP contribution in [0.4, 0.5) is 0 Å². The molecule has 128 valence electrons. The van der Waals surface area contributed by atoms with E-state index in [1.54, 1.807) is 0 Å². The molecular weight excluding hydrogens is 256 g/mol. The van der Waals surface area contributed by atoms with Crippen LogP contribution in [0.1, 0.15) is 87.5 Å². The number of hydrogen-bond donors (Lipinski definition) is 2. The molecule has 0 rings (SSSR count). The number of nitrogens with two attached hydrogens (primary N) is 2. The SMILES string of the molecule is CC(C)CC(N)(CC(C)C)CC(N)(CC(C)C)CC(C)C. The number of rotatable bonds is 10. The van der Waals surface area contributed by atoms with Crippen LogP contribution in [0.5, 0.6) is 0 Å². The van der Waals surface area contributed by atoms with E-state index in [0.717, 1.165) is 32.1 Å². The average molecular weight is 299 g/mol. The van der Waals surface area contributed by atoms with E-state index >= 15 is 0 Å². The Hall–Kier alpha value is -0.0800. The van der Waals surface area contributed by atoms with Gasteiger partial charge in [0, 0.05) is 11.1 Å². The van der Waals surface area contributed by atoms with Gasteiger partial charge in [-0.15, -0.1) is 0 Å². The van der Waals surface area contributed by atoms with Gasteiger partial charge in [0.25, 0.3) is 0 Å². The Morgan fingerprint density at radius 3 is 0.857 bits per heavy atom. The van der Waals surface area contributed by atoms with Crippen molar-refractivity contribution in [3.05, 3.63) is 0 Å². The first-order valence-corrected chi connectivity index (χ1v) is 8.95. The normalized spacial score (nSPS) is 14.0. The molecule has 0 unspecified atom stereocenters. The monoisotopic (exact) mass is 298 g/mol. The van der Waals surface area contributed by atoms with Crippen LogP contribution in [-0.4, -0.2) is 11.1 Å². The lowest BCUT2D eigenvalue weighted by Gasteiger charge is -2.43. The highest BCUT2D eigenvalue weighted by Crippen LogP contribution is 2.35. The third kappa shape index (κ3) is 9.52. The molecule has 0 saturated carbocycles. The maximum absolute atomic E-state index is 6.86. The van der Waals surface area contributed by atoms with E-state index in [1.807, 2.05) is 0 Å². The molecule has 0 aromatic heterocycles. The topological polar surface area (TPSA) is 52.0 Å². The molecule has 0 amide bonds. The predicted molar refractivity (Wildman–Crippen MR) is 96.3 cm³/mol. The van der Waals surface area contributed by atoms with Crippen molar-refractivity contribution >= 4 is 0 Å². The van der Waals surface area contributed by atoms with Crippen LogP contribution in [0.3, 0.4) is 0 Å². The fraction of sp³-hybridized carbons (Fsp3) is 1.00. The summed E-state index contributed by atoms with van der Waals surface area (Å²) in [6.45, 7) is 18.2. The van der Waals surface area contributed by atoms with Crippen LogP contribution in [0.15, 0.2) is 0 Å². The van der Waals surface area contributed by atoms with Gasteiger partial charge in [0.05, 0.1) is 0 Å². The van der Waals surface area contributed by atoms with Gasteiger partial charge < -0.3 is 11.5 Å². The van der Waals surface area contributed by atoms with Crippen LogP contribution >= 0.6 is 0 Å². The van der Waals surface area contributed by atoms with E-state index in [2.05, 4.69) is 55.4 Å². The van der Waals surface area contributed by atoms with Crippen molar-refractivity contribution in [2.75, 3.05) is 0 Å². The van der Waals surface area contributed by atoms with E-state index < -0.39 is 0 Å². The average Bonchev–Trinajstić information content (AvgIpc) is 2.07. The van der Waals surface area contributed by atoms with Crippen molar-refractivity contribution in [1.29, 1.82) is 0 Å². The van der Waals surface area contributed by atoms with Gasteiger partial charge in [0.1, 0.15) is 0 Å². The van der Waals surface area contributed by atoms with Gasteiger partial charge >= 0.3 is 0 Å². The van der Waals surface area contributed by atoms with Gasteiger partial charge in [-0.2, -0.15) is 0 Å². The lowest BCUT2D eigenvalue weighted by molar-refractivity contribution is 0.169. The fourth-order valence-corrected chi connectivity index (χ4v) is 4.41. The van der Waals surface area contributed by atoms with E-state index in [1.165, 1.54) is 0 Å². The molecule has 0 bridgehead atoms. The summed E-state index contributed by atoms with van der Waals surface area (Å²) < 4.78 is 0. The van der Waals surface area contributed by atoms with Crippen LogP contribution in [0.2, 0.25) is 0 Å². The van der Waals surface area contributed by atoms with Crippen molar-refractivity contribution in [3.8, 4) is 0 Å². The predicted octanol–water partition coefficient (Wildman–Crippen LogP) is 4.96. The van der Waals surface area contributed by atoms with Crippen molar-refractivity contribution in [2.45, 2.75) is 98.6 Å². The van der Waals surface area contributed by atoms with Gasteiger partial charge in [0.2, 0.25) is 0 Å². The van der Waals surface area contributed by atoms with Crippen molar-refractivity contribution in [3.63, 3.8) is 0 Å².